The highest BCUT2D eigenvalue weighted by molar-refractivity contribution is 6.13. The molecule has 2 aliphatic rings. The van der Waals surface area contributed by atoms with Crippen LogP contribution in [0.15, 0.2) is 77.1 Å². The fourth-order valence-electron chi connectivity index (χ4n) is 5.18. The van der Waals surface area contributed by atoms with Gasteiger partial charge in [-0.3, -0.25) is 9.59 Å². The summed E-state index contributed by atoms with van der Waals surface area (Å²) in [6.07, 6.45) is 0.397. The molecule has 2 aromatic carbocycles. The molecule has 0 radical (unpaired) electrons. The highest BCUT2D eigenvalue weighted by atomic mass is 16.5. The lowest BCUT2D eigenvalue weighted by molar-refractivity contribution is -0.152. The number of Topliss-reactive ketones (excluding diaryl/α,β-unsaturated/α-hetero) is 1. The van der Waals surface area contributed by atoms with Crippen molar-refractivity contribution in [3.63, 3.8) is 0 Å². The van der Waals surface area contributed by atoms with Crippen molar-refractivity contribution in [3.8, 4) is 5.75 Å². The summed E-state index contributed by atoms with van der Waals surface area (Å²) in [4.78, 5) is 40.5. The van der Waals surface area contributed by atoms with Crippen LogP contribution in [0.5, 0.6) is 5.75 Å². The Morgan fingerprint density at radius 3 is 2.33 bits per heavy atom. The number of hydrogen-bond donors (Lipinski definition) is 1. The summed E-state index contributed by atoms with van der Waals surface area (Å²) < 4.78 is 16.1. The number of carbonyl (C=O) groups excluding carboxylic acids is 3. The predicted molar refractivity (Wildman–Crippen MR) is 134 cm³/mol. The lowest BCUT2D eigenvalue weighted by Gasteiger charge is -2.39. The fourth-order valence-corrected chi connectivity index (χ4v) is 5.18. The van der Waals surface area contributed by atoms with Crippen LogP contribution in [0.2, 0.25) is 0 Å². The molecule has 0 amide bonds. The van der Waals surface area contributed by atoms with Gasteiger partial charge in [-0.15, -0.1) is 0 Å². The van der Waals surface area contributed by atoms with Crippen molar-refractivity contribution in [3.05, 3.63) is 88.3 Å². The van der Waals surface area contributed by atoms with Gasteiger partial charge in [-0.2, -0.15) is 0 Å². The number of methoxy groups -OCH3 is 1. The van der Waals surface area contributed by atoms with Gasteiger partial charge in [-0.25, -0.2) is 4.79 Å². The van der Waals surface area contributed by atoms with E-state index in [2.05, 4.69) is 5.32 Å². The van der Waals surface area contributed by atoms with Crippen molar-refractivity contribution >= 4 is 17.7 Å². The number of allylic oxidation sites excluding steroid dienone is 3. The van der Waals surface area contributed by atoms with E-state index in [1.165, 1.54) is 0 Å². The van der Waals surface area contributed by atoms with Crippen LogP contribution >= 0.6 is 0 Å². The van der Waals surface area contributed by atoms with Gasteiger partial charge in [0, 0.05) is 28.8 Å². The lowest BCUT2D eigenvalue weighted by atomic mass is 9.67. The SMILES string of the molecule is CCOC(=O)C1=C(C)NC2=C(C(=O)[C@H](C(=O)OCC)[C@@H](c3cccc(OC)c3)C2)[C@H]1c1ccccc1. The molecule has 1 aliphatic carbocycles. The minimum atomic E-state index is -1.05. The zero-order chi connectivity index (χ0) is 25.8. The minimum absolute atomic E-state index is 0.160. The summed E-state index contributed by atoms with van der Waals surface area (Å²) in [7, 11) is 1.58. The molecule has 1 aliphatic heterocycles. The number of dihydropyridines is 1. The average molecular weight is 490 g/mol. The molecule has 1 N–H and O–H groups in total. The number of esters is 2. The highest BCUT2D eigenvalue weighted by Gasteiger charge is 2.49. The molecule has 188 valence electrons. The average Bonchev–Trinajstić information content (AvgIpc) is 2.88. The van der Waals surface area contributed by atoms with E-state index >= 15 is 0 Å². The van der Waals surface area contributed by atoms with E-state index in [-0.39, 0.29) is 19.0 Å². The zero-order valence-electron chi connectivity index (χ0n) is 21.0. The number of benzene rings is 2. The molecule has 0 fully saturated rings. The van der Waals surface area contributed by atoms with Gasteiger partial charge in [0.15, 0.2) is 5.78 Å². The second-order valence-corrected chi connectivity index (χ2v) is 8.80. The normalized spacial score (nSPS) is 21.4. The van der Waals surface area contributed by atoms with Gasteiger partial charge in [0.25, 0.3) is 0 Å². The summed E-state index contributed by atoms with van der Waals surface area (Å²) in [6.45, 7) is 5.64. The molecule has 7 nitrogen and oxygen atoms in total. The number of hydrogen-bond acceptors (Lipinski definition) is 7. The van der Waals surface area contributed by atoms with Gasteiger partial charge in [0.2, 0.25) is 0 Å². The van der Waals surface area contributed by atoms with E-state index < -0.39 is 29.7 Å². The molecule has 7 heteroatoms. The Balaban J connectivity index is 1.88. The molecule has 0 saturated heterocycles. The Bertz CT molecular complexity index is 1230. The Morgan fingerprint density at radius 2 is 1.67 bits per heavy atom. The molecule has 0 saturated carbocycles. The molecule has 0 spiro atoms. The molecule has 1 heterocycles. The topological polar surface area (TPSA) is 90.9 Å². The summed E-state index contributed by atoms with van der Waals surface area (Å²) in [5.41, 5.74) is 3.71. The van der Waals surface area contributed by atoms with E-state index in [1.54, 1.807) is 21.0 Å². The first-order chi connectivity index (χ1) is 17.4. The van der Waals surface area contributed by atoms with E-state index in [0.717, 1.165) is 11.1 Å². The number of ether oxygens (including phenoxy) is 3. The molecule has 0 bridgehead atoms. The first kappa shape index (κ1) is 25.2. The quantitative estimate of drug-likeness (QED) is 0.455. The highest BCUT2D eigenvalue weighted by Crippen LogP contribution is 2.48. The predicted octanol–water partition coefficient (Wildman–Crippen LogP) is 4.41. The molecular formula is C29H31NO6. The number of carbonyl (C=O) groups is 3. The standard InChI is InChI=1S/C29H31NO6/c1-5-35-28(32)23-17(3)30-22-16-21(19-13-10-14-20(15-19)34-4)25(29(33)36-6-2)27(31)26(22)24(23)18-11-8-7-9-12-18/h7-15,21,24-25,30H,5-6,16H2,1-4H3/t21-,24+,25-/m1/s1. The maximum atomic E-state index is 14.2. The molecule has 3 atom stereocenters. The summed E-state index contributed by atoms with van der Waals surface area (Å²) >= 11 is 0. The molecule has 36 heavy (non-hydrogen) atoms. The van der Waals surface area contributed by atoms with Gasteiger partial charge in [0.05, 0.1) is 25.9 Å². The Hall–Kier alpha value is -3.87. The summed E-state index contributed by atoms with van der Waals surface area (Å²) in [5.74, 6) is -2.93. The Labute approximate surface area is 211 Å². The van der Waals surface area contributed by atoms with E-state index in [9.17, 15) is 14.4 Å². The van der Waals surface area contributed by atoms with Crippen molar-refractivity contribution in [2.45, 2.75) is 39.0 Å². The second-order valence-electron chi connectivity index (χ2n) is 8.80. The van der Waals surface area contributed by atoms with Crippen LogP contribution in [0, 0.1) is 5.92 Å². The zero-order valence-corrected chi connectivity index (χ0v) is 21.0. The Kier molecular flexibility index (Phi) is 7.58. The fraction of sp³-hybridized carbons (Fsp3) is 0.345. The van der Waals surface area contributed by atoms with Crippen molar-refractivity contribution in [1.29, 1.82) is 0 Å². The van der Waals surface area contributed by atoms with E-state index in [0.29, 0.717) is 34.7 Å². The van der Waals surface area contributed by atoms with Gasteiger partial charge in [-0.05, 0) is 50.5 Å². The Morgan fingerprint density at radius 1 is 0.972 bits per heavy atom. The third-order valence-electron chi connectivity index (χ3n) is 6.71. The van der Waals surface area contributed by atoms with Crippen LogP contribution in [0.3, 0.4) is 0 Å². The van der Waals surface area contributed by atoms with E-state index in [1.807, 2.05) is 61.5 Å². The van der Waals surface area contributed by atoms with Crippen molar-refractivity contribution < 1.29 is 28.6 Å². The molecule has 0 aromatic heterocycles. The van der Waals surface area contributed by atoms with Crippen LogP contribution in [0.1, 0.15) is 50.2 Å². The monoisotopic (exact) mass is 489 g/mol. The lowest BCUT2D eigenvalue weighted by Crippen LogP contribution is -2.43. The minimum Gasteiger partial charge on any atom is -0.497 e. The maximum absolute atomic E-state index is 14.2. The van der Waals surface area contributed by atoms with Gasteiger partial charge in [0.1, 0.15) is 11.7 Å². The van der Waals surface area contributed by atoms with Crippen LogP contribution in [0.25, 0.3) is 0 Å². The van der Waals surface area contributed by atoms with Crippen molar-refractivity contribution in [2.75, 3.05) is 20.3 Å². The maximum Gasteiger partial charge on any atom is 0.336 e. The van der Waals surface area contributed by atoms with Crippen molar-refractivity contribution in [2.24, 2.45) is 5.92 Å². The first-order valence-corrected chi connectivity index (χ1v) is 12.2. The smallest absolute Gasteiger partial charge is 0.336 e. The van der Waals surface area contributed by atoms with Gasteiger partial charge < -0.3 is 19.5 Å². The largest absolute Gasteiger partial charge is 0.497 e. The van der Waals surface area contributed by atoms with Gasteiger partial charge >= 0.3 is 11.9 Å². The third kappa shape index (κ3) is 4.65. The second kappa shape index (κ2) is 10.8. The third-order valence-corrected chi connectivity index (χ3v) is 6.71. The van der Waals surface area contributed by atoms with E-state index in [4.69, 9.17) is 14.2 Å². The number of ketones is 1. The molecule has 0 unspecified atom stereocenters. The van der Waals surface area contributed by atoms with Crippen LogP contribution in [-0.2, 0) is 23.9 Å². The van der Waals surface area contributed by atoms with Gasteiger partial charge in [-0.1, -0.05) is 42.5 Å². The van der Waals surface area contributed by atoms with Crippen LogP contribution < -0.4 is 10.1 Å². The summed E-state index contributed by atoms with van der Waals surface area (Å²) in [6, 6.07) is 16.8. The first-order valence-electron chi connectivity index (χ1n) is 12.2. The van der Waals surface area contributed by atoms with Crippen LogP contribution in [0.4, 0.5) is 0 Å². The number of nitrogens with one attached hydrogen (secondary N) is 1. The van der Waals surface area contributed by atoms with Crippen LogP contribution in [-0.4, -0.2) is 38.0 Å². The summed E-state index contributed by atoms with van der Waals surface area (Å²) in [5, 5.41) is 3.31. The van der Waals surface area contributed by atoms with Crippen molar-refractivity contribution in [1.82, 2.24) is 5.32 Å². The molecular weight excluding hydrogens is 458 g/mol. The molecule has 4 rings (SSSR count). The molecule has 2 aromatic rings. The number of rotatable bonds is 7.